The number of rotatable bonds is 6. The molecule has 0 unspecified atom stereocenters. The van der Waals surface area contributed by atoms with E-state index in [2.05, 4.69) is 62.1 Å². The van der Waals surface area contributed by atoms with Gasteiger partial charge < -0.3 is 20.4 Å². The van der Waals surface area contributed by atoms with Crippen LogP contribution in [0, 0.1) is 13.8 Å². The van der Waals surface area contributed by atoms with Gasteiger partial charge in [-0.3, -0.25) is 0 Å². The predicted molar refractivity (Wildman–Crippen MR) is 131 cm³/mol. The van der Waals surface area contributed by atoms with Crippen LogP contribution in [-0.2, 0) is 16.7 Å². The zero-order chi connectivity index (χ0) is 22.8. The maximum absolute atomic E-state index is 6.10. The molecule has 0 bridgehead atoms. The molecule has 2 aromatic heterocycles. The van der Waals surface area contributed by atoms with Crippen molar-refractivity contribution in [3.63, 3.8) is 0 Å². The first-order valence-electron chi connectivity index (χ1n) is 11.5. The number of ether oxygens (including phenoxy) is 1. The number of imidazole rings is 1. The summed E-state index contributed by atoms with van der Waals surface area (Å²) >= 11 is 0. The number of fused-ring (bicyclic) bond motifs is 1. The van der Waals surface area contributed by atoms with Crippen LogP contribution >= 0.6 is 0 Å². The van der Waals surface area contributed by atoms with E-state index < -0.39 is 0 Å². The molecular formula is C26H30N6O. The first kappa shape index (κ1) is 21.4. The number of para-hydroxylation sites is 2. The van der Waals surface area contributed by atoms with E-state index in [0.717, 1.165) is 61.0 Å². The van der Waals surface area contributed by atoms with Crippen molar-refractivity contribution < 1.29 is 4.74 Å². The Morgan fingerprint density at radius 1 is 1.00 bits per heavy atom. The lowest BCUT2D eigenvalue weighted by molar-refractivity contribution is 0.0543. The van der Waals surface area contributed by atoms with Gasteiger partial charge in [-0.25, -0.2) is 9.97 Å². The minimum Gasteiger partial charge on any atom is -0.381 e. The second-order valence-corrected chi connectivity index (χ2v) is 8.95. The van der Waals surface area contributed by atoms with Crippen LogP contribution in [-0.4, -0.2) is 39.3 Å². The summed E-state index contributed by atoms with van der Waals surface area (Å²) in [6, 6.07) is 19.0. The van der Waals surface area contributed by atoms with Crippen LogP contribution in [0.3, 0.4) is 0 Å². The van der Waals surface area contributed by atoms with Crippen molar-refractivity contribution in [1.29, 1.82) is 0 Å². The molecule has 0 amide bonds. The van der Waals surface area contributed by atoms with Crippen molar-refractivity contribution in [3.8, 4) is 0 Å². The van der Waals surface area contributed by atoms with Gasteiger partial charge in [-0.05, 0) is 44.4 Å². The highest BCUT2D eigenvalue weighted by Crippen LogP contribution is 2.35. The quantitative estimate of drug-likeness (QED) is 0.464. The van der Waals surface area contributed by atoms with Crippen molar-refractivity contribution in [2.75, 3.05) is 30.8 Å². The Morgan fingerprint density at radius 3 is 2.55 bits per heavy atom. The molecule has 3 heterocycles. The Bertz CT molecular complexity index is 1260. The molecule has 0 aliphatic carbocycles. The van der Waals surface area contributed by atoms with Crippen LogP contribution in [0.4, 0.5) is 11.8 Å². The third-order valence-electron chi connectivity index (χ3n) is 6.68. The molecular weight excluding hydrogens is 412 g/mol. The number of hydrogen-bond acceptors (Lipinski definition) is 6. The number of benzene rings is 2. The molecule has 7 heteroatoms. The highest BCUT2D eigenvalue weighted by molar-refractivity contribution is 5.76. The third kappa shape index (κ3) is 4.41. The molecule has 4 aromatic rings. The van der Waals surface area contributed by atoms with Gasteiger partial charge in [-0.15, -0.1) is 0 Å². The Hall–Kier alpha value is -3.45. The summed E-state index contributed by atoms with van der Waals surface area (Å²) in [6.07, 6.45) is 1.94. The van der Waals surface area contributed by atoms with Crippen molar-refractivity contribution in [1.82, 2.24) is 19.5 Å². The van der Waals surface area contributed by atoms with E-state index in [0.29, 0.717) is 6.54 Å². The molecule has 2 aromatic carbocycles. The van der Waals surface area contributed by atoms with Gasteiger partial charge >= 0.3 is 0 Å². The summed E-state index contributed by atoms with van der Waals surface area (Å²) in [7, 11) is 0. The molecule has 170 valence electrons. The van der Waals surface area contributed by atoms with Gasteiger partial charge in [0.25, 0.3) is 0 Å². The van der Waals surface area contributed by atoms with Crippen LogP contribution in [0.15, 0.2) is 54.6 Å². The van der Waals surface area contributed by atoms with Crippen LogP contribution < -0.4 is 11.1 Å². The van der Waals surface area contributed by atoms with Gasteiger partial charge in [0.1, 0.15) is 11.6 Å². The maximum Gasteiger partial charge on any atom is 0.222 e. The van der Waals surface area contributed by atoms with Gasteiger partial charge in [-0.1, -0.05) is 42.0 Å². The molecule has 0 spiro atoms. The van der Waals surface area contributed by atoms with Gasteiger partial charge in [0.2, 0.25) is 5.95 Å². The molecule has 1 aliphatic heterocycles. The van der Waals surface area contributed by atoms with Gasteiger partial charge in [0, 0.05) is 31.2 Å². The smallest absolute Gasteiger partial charge is 0.222 e. The summed E-state index contributed by atoms with van der Waals surface area (Å²) in [5.41, 5.74) is 11.6. The number of aromatic nitrogens is 4. The number of nitrogens with one attached hydrogen (secondary N) is 1. The molecule has 7 nitrogen and oxygen atoms in total. The molecule has 1 fully saturated rings. The largest absolute Gasteiger partial charge is 0.381 e. The fourth-order valence-electron chi connectivity index (χ4n) is 4.74. The van der Waals surface area contributed by atoms with E-state index in [9.17, 15) is 0 Å². The summed E-state index contributed by atoms with van der Waals surface area (Å²) in [4.78, 5) is 13.6. The van der Waals surface area contributed by atoms with Crippen LogP contribution in [0.2, 0.25) is 0 Å². The standard InChI is InChI=1S/C26H30N6O/c1-18-7-9-20(10-8-18)26(11-13-33-14-12-26)17-28-24-15-21(30-25(27)31-24)16-32-19(2)29-22-5-3-4-6-23(22)32/h3-10,15H,11-14,16-17H2,1-2H3,(H3,27,28,30,31). The zero-order valence-electron chi connectivity index (χ0n) is 19.2. The van der Waals surface area contributed by atoms with E-state index in [1.165, 1.54) is 11.1 Å². The van der Waals surface area contributed by atoms with Crippen LogP contribution in [0.5, 0.6) is 0 Å². The van der Waals surface area contributed by atoms with Crippen LogP contribution in [0.25, 0.3) is 11.0 Å². The first-order valence-corrected chi connectivity index (χ1v) is 11.5. The molecule has 0 atom stereocenters. The molecule has 0 radical (unpaired) electrons. The lowest BCUT2D eigenvalue weighted by Gasteiger charge is -2.38. The SMILES string of the molecule is Cc1ccc(C2(CNc3cc(Cn4c(C)nc5ccccc54)nc(N)n3)CCOCC2)cc1. The predicted octanol–water partition coefficient (Wildman–Crippen LogP) is 4.23. The average Bonchev–Trinajstić information content (AvgIpc) is 3.13. The van der Waals surface area contributed by atoms with E-state index >= 15 is 0 Å². The molecule has 1 aliphatic rings. The summed E-state index contributed by atoms with van der Waals surface area (Å²) in [5, 5.41) is 3.57. The highest BCUT2D eigenvalue weighted by atomic mass is 16.5. The second kappa shape index (κ2) is 8.83. The minimum atomic E-state index is 0.00294. The molecule has 3 N–H and O–H groups in total. The monoisotopic (exact) mass is 442 g/mol. The van der Waals surface area contributed by atoms with E-state index in [4.69, 9.17) is 10.5 Å². The fourth-order valence-corrected chi connectivity index (χ4v) is 4.74. The summed E-state index contributed by atoms with van der Waals surface area (Å²) < 4.78 is 7.84. The lowest BCUT2D eigenvalue weighted by Crippen LogP contribution is -2.40. The topological polar surface area (TPSA) is 90.9 Å². The average molecular weight is 443 g/mol. The van der Waals surface area contributed by atoms with Gasteiger partial charge in [-0.2, -0.15) is 4.98 Å². The number of aryl methyl sites for hydroxylation is 2. The molecule has 33 heavy (non-hydrogen) atoms. The Morgan fingerprint density at radius 2 is 1.76 bits per heavy atom. The second-order valence-electron chi connectivity index (χ2n) is 8.95. The summed E-state index contributed by atoms with van der Waals surface area (Å²) in [5.74, 6) is 1.97. The Labute approximate surface area is 194 Å². The number of nitrogen functional groups attached to an aromatic ring is 1. The third-order valence-corrected chi connectivity index (χ3v) is 6.68. The van der Waals surface area contributed by atoms with Gasteiger partial charge in [0.15, 0.2) is 0 Å². The fraction of sp³-hybridized carbons (Fsp3) is 0.346. The summed E-state index contributed by atoms with van der Waals surface area (Å²) in [6.45, 7) is 7.02. The first-order chi connectivity index (χ1) is 16.0. The lowest BCUT2D eigenvalue weighted by atomic mass is 9.74. The number of nitrogens with zero attached hydrogens (tertiary/aromatic N) is 4. The molecule has 0 saturated carbocycles. The Kier molecular flexibility index (Phi) is 5.72. The van der Waals surface area contributed by atoms with Crippen molar-refractivity contribution in [3.05, 3.63) is 77.2 Å². The van der Waals surface area contributed by atoms with E-state index in [-0.39, 0.29) is 11.4 Å². The maximum atomic E-state index is 6.10. The highest BCUT2D eigenvalue weighted by Gasteiger charge is 2.34. The zero-order valence-corrected chi connectivity index (χ0v) is 19.2. The normalized spacial score (nSPS) is 15.6. The number of nitrogens with two attached hydrogens (primary N) is 1. The minimum absolute atomic E-state index is 0.00294. The number of hydrogen-bond donors (Lipinski definition) is 2. The Balaban J connectivity index is 1.39. The van der Waals surface area contributed by atoms with E-state index in [1.807, 2.05) is 31.2 Å². The number of anilines is 2. The molecule has 5 rings (SSSR count). The van der Waals surface area contributed by atoms with Gasteiger partial charge in [0.05, 0.1) is 23.3 Å². The van der Waals surface area contributed by atoms with Crippen molar-refractivity contribution in [2.24, 2.45) is 0 Å². The van der Waals surface area contributed by atoms with Crippen molar-refractivity contribution >= 4 is 22.8 Å². The van der Waals surface area contributed by atoms with Crippen LogP contribution in [0.1, 0.15) is 35.5 Å². The van der Waals surface area contributed by atoms with Crippen molar-refractivity contribution in [2.45, 2.75) is 38.6 Å². The molecule has 1 saturated heterocycles. The van der Waals surface area contributed by atoms with E-state index in [1.54, 1.807) is 0 Å².